The van der Waals surface area contributed by atoms with E-state index < -0.39 is 0 Å². The van der Waals surface area contributed by atoms with E-state index in [1.165, 1.54) is 12.1 Å². The van der Waals surface area contributed by atoms with Crippen molar-refractivity contribution in [3.05, 3.63) is 60.2 Å². The van der Waals surface area contributed by atoms with Crippen molar-refractivity contribution >= 4 is 18.1 Å². The third-order valence-electron chi connectivity index (χ3n) is 8.18. The lowest BCUT2D eigenvalue weighted by molar-refractivity contribution is -0.144. The number of allylic oxidation sites excluding steroid dienone is 1. The minimum atomic E-state index is -0.368. The van der Waals surface area contributed by atoms with Crippen molar-refractivity contribution in [2.24, 2.45) is 29.6 Å². The Kier molecular flexibility index (Phi) is 7.08. The lowest BCUT2D eigenvalue weighted by atomic mass is 9.57. The number of fused-ring (bicyclic) bond motifs is 2. The highest BCUT2D eigenvalue weighted by Crippen LogP contribution is 2.53. The SMILES string of the molecule is CCOC(=O)N[C@@H]1CC[C@H]2[C@H](C1)C[C@H]1C(=O)O[C@@H](C)[C@@H]1[C@@H]2/C=C/c1ccc(-c2cccc(F)c2)cn1. The zero-order chi connectivity index (χ0) is 25.2. The van der Waals surface area contributed by atoms with Crippen LogP contribution in [-0.2, 0) is 14.3 Å². The van der Waals surface area contributed by atoms with Crippen LogP contribution >= 0.6 is 0 Å². The fourth-order valence-corrected chi connectivity index (χ4v) is 6.64. The van der Waals surface area contributed by atoms with Gasteiger partial charge in [0.1, 0.15) is 11.9 Å². The van der Waals surface area contributed by atoms with E-state index in [1.807, 2.05) is 31.2 Å². The summed E-state index contributed by atoms with van der Waals surface area (Å²) in [6.45, 7) is 4.15. The fraction of sp³-hybridized carbons (Fsp3) is 0.483. The standard InChI is InChI=1S/C29H33FN2O4/c1-3-35-29(34)32-23-10-11-24-20(14-23)15-26-27(17(2)36-28(26)33)25(24)12-9-22-8-7-19(16-31-22)18-5-4-6-21(30)13-18/h4-9,12-13,16-17,20,23-27H,3,10-11,14-15H2,1-2H3,(H,32,34)/b12-9+/t17-,20+,23+,24-,25+,26+,27+/m0/s1. The largest absolute Gasteiger partial charge is 0.462 e. The van der Waals surface area contributed by atoms with Gasteiger partial charge in [-0.25, -0.2) is 9.18 Å². The number of rotatable bonds is 5. The molecular formula is C29H33FN2O4. The van der Waals surface area contributed by atoms with Gasteiger partial charge in [-0.1, -0.05) is 24.3 Å². The molecule has 2 heterocycles. The van der Waals surface area contributed by atoms with E-state index >= 15 is 0 Å². The molecule has 1 amide bonds. The molecule has 6 nitrogen and oxygen atoms in total. The summed E-state index contributed by atoms with van der Waals surface area (Å²) in [6, 6.07) is 10.4. The molecule has 1 N–H and O–H groups in total. The summed E-state index contributed by atoms with van der Waals surface area (Å²) in [5.74, 6) is 0.629. The minimum Gasteiger partial charge on any atom is -0.462 e. The van der Waals surface area contributed by atoms with Gasteiger partial charge in [0.2, 0.25) is 0 Å². The predicted molar refractivity (Wildman–Crippen MR) is 134 cm³/mol. The van der Waals surface area contributed by atoms with Crippen molar-refractivity contribution in [2.45, 2.75) is 51.7 Å². The third-order valence-corrected chi connectivity index (χ3v) is 8.18. The predicted octanol–water partition coefficient (Wildman–Crippen LogP) is 5.63. The second-order valence-corrected chi connectivity index (χ2v) is 10.3. The van der Waals surface area contributed by atoms with Crippen LogP contribution in [0.1, 0.15) is 45.2 Å². The van der Waals surface area contributed by atoms with Crippen LogP contribution in [0, 0.1) is 35.4 Å². The van der Waals surface area contributed by atoms with E-state index in [2.05, 4.69) is 16.4 Å². The molecule has 3 fully saturated rings. The number of esters is 1. The summed E-state index contributed by atoms with van der Waals surface area (Å²) in [5.41, 5.74) is 2.48. The number of aromatic nitrogens is 1. The van der Waals surface area contributed by atoms with Gasteiger partial charge in [0, 0.05) is 23.7 Å². The molecule has 2 aromatic rings. The van der Waals surface area contributed by atoms with Crippen LogP contribution in [0.4, 0.5) is 9.18 Å². The summed E-state index contributed by atoms with van der Waals surface area (Å²) < 4.78 is 24.3. The normalized spacial score (nSPS) is 31.4. The molecule has 7 heteroatoms. The number of ether oxygens (including phenoxy) is 2. The van der Waals surface area contributed by atoms with Gasteiger partial charge in [0.05, 0.1) is 18.2 Å². The second-order valence-electron chi connectivity index (χ2n) is 10.3. The highest BCUT2D eigenvalue weighted by atomic mass is 19.1. The van der Waals surface area contributed by atoms with E-state index in [0.717, 1.165) is 42.5 Å². The lowest BCUT2D eigenvalue weighted by Crippen LogP contribution is -2.48. The Labute approximate surface area is 211 Å². The number of hydrogen-bond donors (Lipinski definition) is 1. The Morgan fingerprint density at radius 3 is 2.83 bits per heavy atom. The Hall–Kier alpha value is -3.22. The Balaban J connectivity index is 1.34. The minimum absolute atomic E-state index is 0.0679. The maximum absolute atomic E-state index is 13.6. The smallest absolute Gasteiger partial charge is 0.407 e. The van der Waals surface area contributed by atoms with Crippen LogP contribution in [0.25, 0.3) is 17.2 Å². The van der Waals surface area contributed by atoms with Crippen molar-refractivity contribution in [1.82, 2.24) is 10.3 Å². The molecule has 3 aliphatic rings. The molecule has 2 aliphatic carbocycles. The number of nitrogens with one attached hydrogen (secondary N) is 1. The van der Waals surface area contributed by atoms with Gasteiger partial charge in [-0.2, -0.15) is 0 Å². The number of alkyl carbamates (subject to hydrolysis) is 1. The number of halogens is 1. The first-order valence-electron chi connectivity index (χ1n) is 13.0. The molecule has 190 valence electrons. The molecule has 36 heavy (non-hydrogen) atoms. The molecule has 1 aromatic carbocycles. The van der Waals surface area contributed by atoms with Gasteiger partial charge in [-0.15, -0.1) is 0 Å². The Morgan fingerprint density at radius 2 is 2.08 bits per heavy atom. The number of carbonyl (C=O) groups is 2. The molecule has 0 bridgehead atoms. The molecule has 1 saturated heterocycles. The first-order valence-corrected chi connectivity index (χ1v) is 13.0. The zero-order valence-corrected chi connectivity index (χ0v) is 20.7. The first-order chi connectivity index (χ1) is 17.4. The van der Waals surface area contributed by atoms with Crippen LogP contribution in [-0.4, -0.2) is 35.8 Å². The van der Waals surface area contributed by atoms with Gasteiger partial charge in [-0.3, -0.25) is 9.78 Å². The van der Waals surface area contributed by atoms with Crippen molar-refractivity contribution in [3.8, 4) is 11.1 Å². The van der Waals surface area contributed by atoms with Gasteiger partial charge in [0.15, 0.2) is 0 Å². The molecule has 1 aliphatic heterocycles. The summed E-state index contributed by atoms with van der Waals surface area (Å²) in [6.07, 6.45) is 9.07. The van der Waals surface area contributed by atoms with Crippen molar-refractivity contribution < 1.29 is 23.5 Å². The molecule has 0 spiro atoms. The monoisotopic (exact) mass is 492 g/mol. The van der Waals surface area contributed by atoms with E-state index in [9.17, 15) is 14.0 Å². The van der Waals surface area contributed by atoms with E-state index in [1.54, 1.807) is 19.2 Å². The average Bonchev–Trinajstić information content (AvgIpc) is 3.15. The Morgan fingerprint density at radius 1 is 1.22 bits per heavy atom. The number of nitrogens with zero attached hydrogens (tertiary/aromatic N) is 1. The number of pyridine rings is 1. The van der Waals surface area contributed by atoms with Crippen LogP contribution in [0.5, 0.6) is 0 Å². The van der Waals surface area contributed by atoms with E-state index in [4.69, 9.17) is 9.47 Å². The van der Waals surface area contributed by atoms with Gasteiger partial charge < -0.3 is 14.8 Å². The quantitative estimate of drug-likeness (QED) is 0.548. The third kappa shape index (κ3) is 5.01. The van der Waals surface area contributed by atoms with E-state index in [0.29, 0.717) is 18.4 Å². The zero-order valence-electron chi connectivity index (χ0n) is 20.7. The first kappa shape index (κ1) is 24.5. The summed E-state index contributed by atoms with van der Waals surface area (Å²) >= 11 is 0. The van der Waals surface area contributed by atoms with Gasteiger partial charge in [-0.05, 0) is 87.1 Å². The number of amides is 1. The van der Waals surface area contributed by atoms with Crippen molar-refractivity contribution in [1.29, 1.82) is 0 Å². The molecule has 0 unspecified atom stereocenters. The summed E-state index contributed by atoms with van der Waals surface area (Å²) in [4.78, 5) is 29.2. The van der Waals surface area contributed by atoms with Crippen molar-refractivity contribution in [3.63, 3.8) is 0 Å². The number of carbonyl (C=O) groups excluding carboxylic acids is 2. The van der Waals surface area contributed by atoms with Crippen LogP contribution in [0.15, 0.2) is 48.7 Å². The summed E-state index contributed by atoms with van der Waals surface area (Å²) in [5, 5.41) is 3.00. The molecule has 1 aromatic heterocycles. The van der Waals surface area contributed by atoms with Gasteiger partial charge >= 0.3 is 12.1 Å². The molecule has 7 atom stereocenters. The van der Waals surface area contributed by atoms with Crippen LogP contribution in [0.2, 0.25) is 0 Å². The maximum Gasteiger partial charge on any atom is 0.407 e. The number of benzene rings is 1. The lowest BCUT2D eigenvalue weighted by Gasteiger charge is -2.47. The fourth-order valence-electron chi connectivity index (χ4n) is 6.64. The topological polar surface area (TPSA) is 77.5 Å². The van der Waals surface area contributed by atoms with Crippen LogP contribution in [0.3, 0.4) is 0 Å². The molecule has 5 rings (SSSR count). The number of cyclic esters (lactones) is 1. The highest BCUT2D eigenvalue weighted by molar-refractivity contribution is 5.75. The number of hydrogen-bond acceptors (Lipinski definition) is 5. The second kappa shape index (κ2) is 10.4. The molecule has 2 saturated carbocycles. The summed E-state index contributed by atoms with van der Waals surface area (Å²) in [7, 11) is 0. The van der Waals surface area contributed by atoms with Crippen molar-refractivity contribution in [2.75, 3.05) is 6.61 Å². The molecule has 0 radical (unpaired) electrons. The highest BCUT2D eigenvalue weighted by Gasteiger charge is 2.54. The average molecular weight is 493 g/mol. The van der Waals surface area contributed by atoms with Crippen LogP contribution < -0.4 is 5.32 Å². The van der Waals surface area contributed by atoms with Gasteiger partial charge in [0.25, 0.3) is 0 Å². The maximum atomic E-state index is 13.6. The Bertz CT molecular complexity index is 1130. The molecular weight excluding hydrogens is 459 g/mol. The van der Waals surface area contributed by atoms with E-state index in [-0.39, 0.29) is 47.8 Å².